The highest BCUT2D eigenvalue weighted by Gasteiger charge is 2.29. The molecule has 0 amide bonds. The van der Waals surface area contributed by atoms with Gasteiger partial charge in [0.25, 0.3) is 0 Å². The van der Waals surface area contributed by atoms with E-state index in [2.05, 4.69) is 10.4 Å². The van der Waals surface area contributed by atoms with Crippen LogP contribution in [0.4, 0.5) is 8.78 Å². The van der Waals surface area contributed by atoms with E-state index in [1.165, 1.54) is 6.07 Å². The molecule has 1 aliphatic rings. The van der Waals surface area contributed by atoms with Crippen LogP contribution in [0.1, 0.15) is 30.6 Å². The van der Waals surface area contributed by atoms with Gasteiger partial charge in [0.05, 0.1) is 12.3 Å². The molecule has 1 N–H and O–H groups in total. The first-order valence-corrected chi connectivity index (χ1v) is 7.48. The van der Waals surface area contributed by atoms with Gasteiger partial charge in [-0.05, 0) is 31.0 Å². The first-order chi connectivity index (χ1) is 10.7. The zero-order valence-electron chi connectivity index (χ0n) is 12.4. The van der Waals surface area contributed by atoms with Gasteiger partial charge in [-0.25, -0.2) is 8.78 Å². The van der Waals surface area contributed by atoms with Crippen molar-refractivity contribution in [3.63, 3.8) is 0 Å². The summed E-state index contributed by atoms with van der Waals surface area (Å²) in [6.45, 7) is 4.15. The highest BCUT2D eigenvalue weighted by Crippen LogP contribution is 2.30. The van der Waals surface area contributed by atoms with Crippen LogP contribution in [-0.2, 0) is 17.8 Å². The Balaban J connectivity index is 1.66. The molecular formula is C16H19F2N3O. The third kappa shape index (κ3) is 3.18. The molecule has 2 aromatic rings. The molecule has 4 nitrogen and oxygen atoms in total. The molecule has 1 aliphatic heterocycles. The van der Waals surface area contributed by atoms with Gasteiger partial charge in [-0.2, -0.15) is 5.10 Å². The molecule has 1 saturated heterocycles. The molecule has 2 atom stereocenters. The third-order valence-electron chi connectivity index (χ3n) is 3.94. The summed E-state index contributed by atoms with van der Waals surface area (Å²) in [4.78, 5) is 0. The molecular weight excluding hydrogens is 288 g/mol. The Morgan fingerprint density at radius 1 is 1.36 bits per heavy atom. The number of aromatic nitrogens is 2. The summed E-state index contributed by atoms with van der Waals surface area (Å²) in [6, 6.07) is 4.02. The molecule has 1 aromatic heterocycles. The Morgan fingerprint density at radius 2 is 2.23 bits per heavy atom. The smallest absolute Gasteiger partial charge is 0.159 e. The van der Waals surface area contributed by atoms with Crippen molar-refractivity contribution in [2.75, 3.05) is 6.61 Å². The van der Waals surface area contributed by atoms with Crippen LogP contribution in [-0.4, -0.2) is 22.4 Å². The Morgan fingerprint density at radius 3 is 2.95 bits per heavy atom. The van der Waals surface area contributed by atoms with Gasteiger partial charge in [-0.15, -0.1) is 0 Å². The van der Waals surface area contributed by atoms with Crippen LogP contribution in [0.5, 0.6) is 0 Å². The van der Waals surface area contributed by atoms with E-state index in [0.717, 1.165) is 24.6 Å². The third-order valence-corrected chi connectivity index (χ3v) is 3.94. The van der Waals surface area contributed by atoms with Crippen LogP contribution < -0.4 is 5.32 Å². The predicted octanol–water partition coefficient (Wildman–Crippen LogP) is 2.80. The van der Waals surface area contributed by atoms with Gasteiger partial charge in [0, 0.05) is 37.5 Å². The summed E-state index contributed by atoms with van der Waals surface area (Å²) in [5, 5.41) is 7.66. The maximum atomic E-state index is 13.4. The predicted molar refractivity (Wildman–Crippen MR) is 78.2 cm³/mol. The van der Waals surface area contributed by atoms with E-state index in [9.17, 15) is 8.78 Å². The molecule has 0 spiro atoms. The van der Waals surface area contributed by atoms with Crippen molar-refractivity contribution < 1.29 is 13.5 Å². The van der Waals surface area contributed by atoms with Crippen molar-refractivity contribution in [1.82, 2.24) is 15.1 Å². The van der Waals surface area contributed by atoms with Crippen LogP contribution >= 0.6 is 0 Å². The number of halogens is 2. The number of nitrogens with zero attached hydrogens (tertiary/aromatic N) is 2. The Kier molecular flexibility index (Phi) is 4.49. The van der Waals surface area contributed by atoms with Gasteiger partial charge in [0.2, 0.25) is 0 Å². The van der Waals surface area contributed by atoms with Gasteiger partial charge >= 0.3 is 0 Å². The molecule has 2 heterocycles. The van der Waals surface area contributed by atoms with E-state index in [1.807, 2.05) is 24.0 Å². The molecule has 0 saturated carbocycles. The van der Waals surface area contributed by atoms with Gasteiger partial charge in [-0.3, -0.25) is 4.68 Å². The van der Waals surface area contributed by atoms with Crippen LogP contribution in [0.25, 0.3) is 0 Å². The van der Waals surface area contributed by atoms with E-state index in [0.29, 0.717) is 18.7 Å². The van der Waals surface area contributed by atoms with Crippen LogP contribution in [0, 0.1) is 11.6 Å². The maximum Gasteiger partial charge on any atom is 0.159 e. The lowest BCUT2D eigenvalue weighted by molar-refractivity contribution is 0.0981. The minimum atomic E-state index is -0.837. The molecule has 6 heteroatoms. The zero-order valence-corrected chi connectivity index (χ0v) is 12.4. The molecule has 118 valence electrons. The molecule has 3 rings (SSSR count). The Hall–Kier alpha value is -1.79. The minimum absolute atomic E-state index is 0.0786. The van der Waals surface area contributed by atoms with Crippen molar-refractivity contribution in [2.24, 2.45) is 0 Å². The summed E-state index contributed by atoms with van der Waals surface area (Å²) in [7, 11) is 0. The fourth-order valence-electron chi connectivity index (χ4n) is 2.74. The van der Waals surface area contributed by atoms with Crippen LogP contribution in [0.2, 0.25) is 0 Å². The second-order valence-electron chi connectivity index (χ2n) is 5.45. The fraction of sp³-hybridized carbons (Fsp3) is 0.438. The largest absolute Gasteiger partial charge is 0.372 e. The number of hydrogen-bond donors (Lipinski definition) is 1. The average Bonchev–Trinajstić information content (AvgIpc) is 3.16. The van der Waals surface area contributed by atoms with Crippen LogP contribution in [0.15, 0.2) is 30.6 Å². The van der Waals surface area contributed by atoms with E-state index < -0.39 is 11.6 Å². The summed E-state index contributed by atoms with van der Waals surface area (Å²) < 4.78 is 34.0. The zero-order chi connectivity index (χ0) is 15.5. The second kappa shape index (κ2) is 6.54. The maximum absolute atomic E-state index is 13.4. The SMILES string of the molecule is CCn1cc(CN[C@H]2CCO[C@H]2c2ccc(F)c(F)c2)cn1. The monoisotopic (exact) mass is 307 g/mol. The number of benzene rings is 1. The standard InChI is InChI=1S/C16H19F2N3O/c1-2-21-10-11(9-20-21)8-19-15-5-6-22-16(15)12-3-4-13(17)14(18)7-12/h3-4,7,9-10,15-16,19H,2,5-6,8H2,1H3/t15-,16-/m0/s1. The van der Waals surface area contributed by atoms with Gasteiger partial charge in [0.15, 0.2) is 11.6 Å². The fourth-order valence-corrected chi connectivity index (χ4v) is 2.74. The van der Waals surface area contributed by atoms with Gasteiger partial charge in [0.1, 0.15) is 0 Å². The lowest BCUT2D eigenvalue weighted by Crippen LogP contribution is -2.31. The van der Waals surface area contributed by atoms with Crippen molar-refractivity contribution >= 4 is 0 Å². The topological polar surface area (TPSA) is 39.1 Å². The molecule has 22 heavy (non-hydrogen) atoms. The Bertz CT molecular complexity index is 644. The first-order valence-electron chi connectivity index (χ1n) is 7.48. The quantitative estimate of drug-likeness (QED) is 0.923. The van der Waals surface area contributed by atoms with Crippen molar-refractivity contribution in [3.8, 4) is 0 Å². The molecule has 0 aliphatic carbocycles. The summed E-state index contributed by atoms with van der Waals surface area (Å²) in [6.07, 6.45) is 4.41. The lowest BCUT2D eigenvalue weighted by atomic mass is 10.0. The number of ether oxygens (including phenoxy) is 1. The van der Waals surface area contributed by atoms with Crippen molar-refractivity contribution in [1.29, 1.82) is 0 Å². The van der Waals surface area contributed by atoms with Crippen LogP contribution in [0.3, 0.4) is 0 Å². The number of nitrogens with one attached hydrogen (secondary N) is 1. The average molecular weight is 307 g/mol. The van der Waals surface area contributed by atoms with E-state index in [1.54, 1.807) is 6.07 Å². The molecule has 1 fully saturated rings. The van der Waals surface area contributed by atoms with Crippen molar-refractivity contribution in [3.05, 3.63) is 53.4 Å². The molecule has 0 unspecified atom stereocenters. The molecule has 1 aromatic carbocycles. The summed E-state index contributed by atoms with van der Waals surface area (Å²) in [5.41, 5.74) is 1.76. The van der Waals surface area contributed by atoms with E-state index in [4.69, 9.17) is 4.74 Å². The Labute approximate surface area is 128 Å². The number of rotatable bonds is 5. The highest BCUT2D eigenvalue weighted by atomic mass is 19.2. The molecule has 0 radical (unpaired) electrons. The highest BCUT2D eigenvalue weighted by molar-refractivity contribution is 5.22. The molecule has 0 bridgehead atoms. The number of aryl methyl sites for hydroxylation is 1. The minimum Gasteiger partial charge on any atom is -0.372 e. The lowest BCUT2D eigenvalue weighted by Gasteiger charge is -2.20. The first kappa shape index (κ1) is 15.1. The van der Waals surface area contributed by atoms with E-state index in [-0.39, 0.29) is 12.1 Å². The second-order valence-corrected chi connectivity index (χ2v) is 5.45. The summed E-state index contributed by atoms with van der Waals surface area (Å²) >= 11 is 0. The summed E-state index contributed by atoms with van der Waals surface area (Å²) in [5.74, 6) is -1.67. The van der Waals surface area contributed by atoms with Gasteiger partial charge in [-0.1, -0.05) is 6.07 Å². The normalized spacial score (nSPS) is 21.4. The number of hydrogen-bond acceptors (Lipinski definition) is 3. The van der Waals surface area contributed by atoms with Crippen molar-refractivity contribution in [2.45, 2.75) is 38.6 Å². The van der Waals surface area contributed by atoms with E-state index >= 15 is 0 Å². The van der Waals surface area contributed by atoms with Gasteiger partial charge < -0.3 is 10.1 Å².